The molecule has 0 bridgehead atoms. The molecule has 8 heteroatoms. The predicted octanol–water partition coefficient (Wildman–Crippen LogP) is 22.9. The van der Waals surface area contributed by atoms with Gasteiger partial charge in [-0.2, -0.15) is 0 Å². The Morgan fingerprint density at radius 2 is 0.713 bits per heavy atom. The molecule has 0 amide bonds. The molecule has 5 aromatic heterocycles. The van der Waals surface area contributed by atoms with Crippen LogP contribution in [0.2, 0.25) is 0 Å². The summed E-state index contributed by atoms with van der Waals surface area (Å²) in [4.78, 5) is 4.86. The molecule has 80 heavy (non-hydrogen) atoms. The number of furan rings is 1. The Balaban J connectivity index is 0.819. The van der Waals surface area contributed by atoms with Crippen LogP contribution in [0.5, 0.6) is 0 Å². The number of hydrogen-bond donors (Lipinski definition) is 1. The van der Waals surface area contributed by atoms with Crippen molar-refractivity contribution in [2.75, 3.05) is 16.3 Å². The maximum Gasteiger partial charge on any atom is 0.136 e. The van der Waals surface area contributed by atoms with Crippen LogP contribution in [0.15, 0.2) is 199 Å². The van der Waals surface area contributed by atoms with E-state index in [9.17, 15) is 0 Å². The van der Waals surface area contributed by atoms with E-state index in [1.54, 1.807) is 0 Å². The molecule has 0 aliphatic carbocycles. The van der Waals surface area contributed by atoms with E-state index in [1.807, 2.05) is 45.3 Å². The molecule has 1 atom stereocenters. The van der Waals surface area contributed by atoms with Crippen molar-refractivity contribution in [1.29, 1.82) is 0 Å². The zero-order valence-corrected chi connectivity index (χ0v) is 49.0. The van der Waals surface area contributed by atoms with Gasteiger partial charge in [0.05, 0.1) is 0 Å². The molecular weight excluding hydrogens is 1050 g/mol. The summed E-state index contributed by atoms with van der Waals surface area (Å²) in [6, 6.07) is 73.3. The van der Waals surface area contributed by atoms with E-state index in [4.69, 9.17) is 10.2 Å². The standard InChI is InChI=1S/C72H59N3OS4/c1-7-71(5,8-2)43-17-21-45(22-18-43)74(47-25-29-53-51-13-9-11-15-63(51)77-65(53)33-47)49-27-31-55-59-37-57-58-38-60-56-32-28-50(36-68(56)80-70(60)40-62(58)76-61(57)39-69(59)79-67(55)35-49)75(46-23-19-44(20-24-46)72(6,41-73)42(3)4)48-26-30-54-52-14-10-12-16-64(52)78-66(54)34-48/h9-40,42H,7-8,41,73H2,1-6H3. The fourth-order valence-electron chi connectivity index (χ4n) is 12.5. The molecule has 0 fully saturated rings. The van der Waals surface area contributed by atoms with Gasteiger partial charge in [-0.25, -0.2) is 0 Å². The molecule has 0 spiro atoms. The Morgan fingerprint density at radius 1 is 0.375 bits per heavy atom. The van der Waals surface area contributed by atoms with E-state index < -0.39 is 0 Å². The first-order valence-electron chi connectivity index (χ1n) is 28.0. The first kappa shape index (κ1) is 49.5. The number of benzene rings is 10. The molecule has 15 rings (SSSR count). The smallest absolute Gasteiger partial charge is 0.136 e. The summed E-state index contributed by atoms with van der Waals surface area (Å²) >= 11 is 7.41. The van der Waals surface area contributed by atoms with Crippen LogP contribution in [0, 0.1) is 5.92 Å². The second-order valence-corrected chi connectivity index (χ2v) is 27.1. The average Bonchev–Trinajstić information content (AvgIpc) is 4.47. The maximum absolute atomic E-state index is 6.83. The zero-order valence-electron chi connectivity index (χ0n) is 45.7. The summed E-state index contributed by atoms with van der Waals surface area (Å²) < 4.78 is 17.0. The van der Waals surface area contributed by atoms with Crippen LogP contribution in [0.25, 0.3) is 103 Å². The second-order valence-electron chi connectivity index (χ2n) is 22.7. The van der Waals surface area contributed by atoms with Gasteiger partial charge < -0.3 is 20.0 Å². The molecule has 392 valence electrons. The largest absolute Gasteiger partial charge is 0.456 e. The molecule has 1 unspecified atom stereocenters. The number of nitrogens with zero attached hydrogens (tertiary/aromatic N) is 2. The van der Waals surface area contributed by atoms with Gasteiger partial charge in [0.15, 0.2) is 0 Å². The summed E-state index contributed by atoms with van der Waals surface area (Å²) in [5, 5.41) is 12.5. The predicted molar refractivity (Wildman–Crippen MR) is 354 cm³/mol. The Labute approximate surface area is 481 Å². The van der Waals surface area contributed by atoms with Gasteiger partial charge in [-0.15, -0.1) is 45.3 Å². The second kappa shape index (κ2) is 18.8. The van der Waals surface area contributed by atoms with E-state index in [2.05, 4.69) is 245 Å². The highest BCUT2D eigenvalue weighted by Crippen LogP contribution is 2.49. The SMILES string of the molecule is CCC(C)(CC)c1ccc(N(c2ccc3c(c2)sc2ccccc23)c2ccc3c(c2)sc2cc4oc5cc6sc7cc(N(c8ccc(C(C)(CN)C(C)C)cc8)c8ccc9c(c8)sc8ccccc89)ccc7c6cc5c4cc23)cc1. The minimum absolute atomic E-state index is 0.118. The minimum atomic E-state index is -0.118. The number of fused-ring (bicyclic) bond motifs is 15. The van der Waals surface area contributed by atoms with Gasteiger partial charge in [0.2, 0.25) is 0 Å². The summed E-state index contributed by atoms with van der Waals surface area (Å²) in [5.74, 6) is 0.404. The molecule has 4 nitrogen and oxygen atoms in total. The Bertz CT molecular complexity index is 4930. The Hall–Kier alpha value is -7.56. The van der Waals surface area contributed by atoms with Gasteiger partial charge >= 0.3 is 0 Å². The molecule has 2 N–H and O–H groups in total. The number of hydrogen-bond acceptors (Lipinski definition) is 8. The number of rotatable bonds is 12. The molecule has 0 aliphatic heterocycles. The zero-order chi connectivity index (χ0) is 54.2. The summed E-state index contributed by atoms with van der Waals surface area (Å²) in [5.41, 5.74) is 17.8. The number of nitrogens with two attached hydrogens (primary N) is 1. The van der Waals surface area contributed by atoms with Crippen molar-refractivity contribution in [2.45, 2.75) is 65.2 Å². The van der Waals surface area contributed by atoms with E-state index in [1.165, 1.54) is 91.8 Å². The third-order valence-corrected chi connectivity index (χ3v) is 22.7. The van der Waals surface area contributed by atoms with Crippen LogP contribution in [0.1, 0.15) is 65.5 Å². The third-order valence-electron chi connectivity index (χ3n) is 18.2. The van der Waals surface area contributed by atoms with Crippen molar-refractivity contribution in [3.8, 4) is 0 Å². The van der Waals surface area contributed by atoms with E-state index in [0.29, 0.717) is 12.5 Å². The van der Waals surface area contributed by atoms with Gasteiger partial charge in [-0.05, 0) is 144 Å². The van der Waals surface area contributed by atoms with Crippen molar-refractivity contribution in [1.82, 2.24) is 0 Å². The van der Waals surface area contributed by atoms with E-state index >= 15 is 0 Å². The van der Waals surface area contributed by atoms with Crippen molar-refractivity contribution >= 4 is 182 Å². The molecule has 0 aliphatic rings. The lowest BCUT2D eigenvalue weighted by Gasteiger charge is -2.34. The molecular formula is C72H59N3OS4. The Morgan fingerprint density at radius 3 is 1.10 bits per heavy atom. The third kappa shape index (κ3) is 7.74. The van der Waals surface area contributed by atoms with Gasteiger partial charge in [-0.3, -0.25) is 0 Å². The van der Waals surface area contributed by atoms with Gasteiger partial charge in [0, 0.05) is 138 Å². The molecule has 5 heterocycles. The molecule has 0 saturated heterocycles. The first-order chi connectivity index (χ1) is 39.0. The van der Waals surface area contributed by atoms with Gasteiger partial charge in [-0.1, -0.05) is 126 Å². The van der Waals surface area contributed by atoms with Crippen LogP contribution < -0.4 is 15.5 Å². The average molecular weight is 1110 g/mol. The molecule has 0 saturated carbocycles. The van der Waals surface area contributed by atoms with Crippen LogP contribution in [-0.4, -0.2) is 6.54 Å². The van der Waals surface area contributed by atoms with E-state index in [0.717, 1.165) is 68.9 Å². The molecule has 0 radical (unpaired) electrons. The normalized spacial score (nSPS) is 13.3. The molecule has 10 aromatic carbocycles. The molecule has 15 aromatic rings. The van der Waals surface area contributed by atoms with Crippen molar-refractivity contribution < 1.29 is 4.42 Å². The lowest BCUT2D eigenvalue weighted by molar-refractivity contribution is 0.347. The van der Waals surface area contributed by atoms with Crippen LogP contribution in [-0.2, 0) is 10.8 Å². The fourth-order valence-corrected chi connectivity index (χ4v) is 17.1. The first-order valence-corrected chi connectivity index (χ1v) is 31.3. The van der Waals surface area contributed by atoms with Crippen molar-refractivity contribution in [3.05, 3.63) is 205 Å². The highest BCUT2D eigenvalue weighted by molar-refractivity contribution is 7.27. The van der Waals surface area contributed by atoms with Crippen LogP contribution in [0.3, 0.4) is 0 Å². The Kier molecular flexibility index (Phi) is 11.6. The van der Waals surface area contributed by atoms with Gasteiger partial charge in [0.25, 0.3) is 0 Å². The summed E-state index contributed by atoms with van der Waals surface area (Å²) in [6.07, 6.45) is 2.21. The number of anilines is 6. The lowest BCUT2D eigenvalue weighted by Crippen LogP contribution is -2.37. The van der Waals surface area contributed by atoms with Gasteiger partial charge in [0.1, 0.15) is 11.2 Å². The highest BCUT2D eigenvalue weighted by atomic mass is 32.1. The topological polar surface area (TPSA) is 45.6 Å². The highest BCUT2D eigenvalue weighted by Gasteiger charge is 2.30. The number of thiophene rings is 4. The lowest BCUT2D eigenvalue weighted by atomic mass is 9.73. The van der Waals surface area contributed by atoms with E-state index in [-0.39, 0.29) is 10.8 Å². The van der Waals surface area contributed by atoms with Crippen molar-refractivity contribution in [3.63, 3.8) is 0 Å². The maximum atomic E-state index is 6.83. The monoisotopic (exact) mass is 1110 g/mol. The summed E-state index contributed by atoms with van der Waals surface area (Å²) in [7, 11) is 0. The van der Waals surface area contributed by atoms with Crippen LogP contribution >= 0.6 is 45.3 Å². The van der Waals surface area contributed by atoms with Crippen molar-refractivity contribution in [2.24, 2.45) is 11.7 Å². The fraction of sp³-hybridized carbons (Fsp3) is 0.167. The minimum Gasteiger partial charge on any atom is -0.456 e. The van der Waals surface area contributed by atoms with Crippen LogP contribution in [0.4, 0.5) is 34.1 Å². The quantitative estimate of drug-likeness (QED) is 0.132. The summed E-state index contributed by atoms with van der Waals surface area (Å²) in [6.45, 7) is 14.4.